The second-order valence-corrected chi connectivity index (χ2v) is 5.81. The summed E-state index contributed by atoms with van der Waals surface area (Å²) in [5.74, 6) is -0.331. The summed E-state index contributed by atoms with van der Waals surface area (Å²) in [7, 11) is 0. The summed E-state index contributed by atoms with van der Waals surface area (Å²) < 4.78 is 14.0. The Bertz CT molecular complexity index is 903. The molecule has 0 saturated carbocycles. The first-order valence-electron chi connectivity index (χ1n) is 6.34. The molecule has 2 aromatic carbocycles. The lowest BCUT2D eigenvalue weighted by molar-refractivity contribution is 0.640. The van der Waals surface area contributed by atoms with E-state index in [1.165, 1.54) is 17.4 Å². The van der Waals surface area contributed by atoms with Crippen LogP contribution in [0, 0.1) is 17.1 Å². The van der Waals surface area contributed by atoms with Crippen molar-refractivity contribution in [1.29, 1.82) is 5.26 Å². The summed E-state index contributed by atoms with van der Waals surface area (Å²) in [4.78, 5) is 5.33. The van der Waals surface area contributed by atoms with Gasteiger partial charge in [-0.1, -0.05) is 18.7 Å². The van der Waals surface area contributed by atoms with Gasteiger partial charge in [0.15, 0.2) is 0 Å². The average molecular weight is 294 g/mol. The molecule has 0 unspecified atom stereocenters. The van der Waals surface area contributed by atoms with Crippen LogP contribution in [-0.4, -0.2) is 4.98 Å². The maximum Gasteiger partial charge on any atom is 0.131 e. The molecule has 0 aliphatic rings. The molecule has 0 amide bonds. The molecule has 1 aromatic heterocycles. The van der Waals surface area contributed by atoms with Gasteiger partial charge in [0, 0.05) is 27.4 Å². The zero-order valence-electron chi connectivity index (χ0n) is 11.4. The highest BCUT2D eigenvalue weighted by atomic mass is 32.1. The van der Waals surface area contributed by atoms with Crippen molar-refractivity contribution in [2.45, 2.75) is 6.92 Å². The van der Waals surface area contributed by atoms with Crippen LogP contribution >= 0.6 is 11.3 Å². The van der Waals surface area contributed by atoms with Gasteiger partial charge < -0.3 is 0 Å². The monoisotopic (exact) mass is 294 g/mol. The quantitative estimate of drug-likeness (QED) is 0.666. The van der Waals surface area contributed by atoms with Crippen molar-refractivity contribution in [3.63, 3.8) is 0 Å². The first kappa shape index (κ1) is 13.5. The van der Waals surface area contributed by atoms with Crippen LogP contribution in [0.1, 0.15) is 17.4 Å². The van der Waals surface area contributed by atoms with Crippen molar-refractivity contribution >= 4 is 27.7 Å². The van der Waals surface area contributed by atoms with Gasteiger partial charge in [-0.2, -0.15) is 5.26 Å². The molecule has 1 heterocycles. The van der Waals surface area contributed by atoms with Gasteiger partial charge in [0.05, 0.1) is 11.6 Å². The summed E-state index contributed by atoms with van der Waals surface area (Å²) in [6.45, 7) is 5.80. The van der Waals surface area contributed by atoms with Gasteiger partial charge in [-0.25, -0.2) is 9.37 Å². The summed E-state index contributed by atoms with van der Waals surface area (Å²) >= 11 is 1.49. The first-order valence-corrected chi connectivity index (χ1v) is 7.16. The molecular weight excluding hydrogens is 283 g/mol. The maximum atomic E-state index is 14.0. The third-order valence-electron chi connectivity index (χ3n) is 3.24. The van der Waals surface area contributed by atoms with Crippen LogP contribution in [0.4, 0.5) is 4.39 Å². The zero-order chi connectivity index (χ0) is 15.0. The number of allylic oxidation sites excluding steroid dienone is 1. The molecule has 0 radical (unpaired) electrons. The Balaban J connectivity index is 2.26. The molecule has 4 heteroatoms. The standard InChI is InChI=1S/C17H11FN2S/c1-10(2)16-9-20-17(21-16)11-6-12(8-19)13-4-3-5-15(18)14(13)7-11/h3-7,9H,1H2,2H3. The van der Waals surface area contributed by atoms with Gasteiger partial charge in [-0.3, -0.25) is 0 Å². The van der Waals surface area contributed by atoms with Crippen molar-refractivity contribution in [2.75, 3.05) is 0 Å². The van der Waals surface area contributed by atoms with E-state index in [0.29, 0.717) is 16.3 Å². The minimum absolute atomic E-state index is 0.331. The summed E-state index contributed by atoms with van der Waals surface area (Å²) in [5, 5.41) is 11.1. The number of hydrogen-bond donors (Lipinski definition) is 0. The van der Waals surface area contributed by atoms with E-state index in [-0.39, 0.29) is 5.82 Å². The molecule has 0 aliphatic carbocycles. The molecule has 102 valence electrons. The van der Waals surface area contributed by atoms with Crippen LogP contribution in [0.25, 0.3) is 26.9 Å². The van der Waals surface area contributed by atoms with Gasteiger partial charge in [-0.15, -0.1) is 11.3 Å². The number of thiazole rings is 1. The van der Waals surface area contributed by atoms with Gasteiger partial charge in [0.25, 0.3) is 0 Å². The second kappa shape index (κ2) is 5.12. The average Bonchev–Trinajstić information content (AvgIpc) is 2.97. The Labute approximate surface area is 125 Å². The van der Waals surface area contributed by atoms with Crippen LogP contribution in [0.3, 0.4) is 0 Å². The Morgan fingerprint density at radius 1 is 1.33 bits per heavy atom. The van der Waals surface area contributed by atoms with E-state index in [1.807, 2.05) is 6.92 Å². The first-order chi connectivity index (χ1) is 10.1. The summed E-state index contributed by atoms with van der Waals surface area (Å²) in [6, 6.07) is 10.4. The minimum Gasteiger partial charge on any atom is -0.244 e. The predicted octanol–water partition coefficient (Wildman–Crippen LogP) is 5.01. The lowest BCUT2D eigenvalue weighted by atomic mass is 10.0. The van der Waals surface area contributed by atoms with Crippen molar-refractivity contribution in [3.05, 3.63) is 59.4 Å². The smallest absolute Gasteiger partial charge is 0.131 e. The topological polar surface area (TPSA) is 36.7 Å². The fourth-order valence-electron chi connectivity index (χ4n) is 2.17. The number of rotatable bonds is 2. The Morgan fingerprint density at radius 3 is 2.81 bits per heavy atom. The molecule has 0 fully saturated rings. The lowest BCUT2D eigenvalue weighted by Crippen LogP contribution is -1.86. The van der Waals surface area contributed by atoms with Gasteiger partial charge in [-0.05, 0) is 30.7 Å². The number of benzene rings is 2. The largest absolute Gasteiger partial charge is 0.244 e. The van der Waals surface area contributed by atoms with E-state index in [1.54, 1.807) is 30.5 Å². The fraction of sp³-hybridized carbons (Fsp3) is 0.0588. The van der Waals surface area contributed by atoms with Crippen molar-refractivity contribution < 1.29 is 4.39 Å². The summed E-state index contributed by atoms with van der Waals surface area (Å²) in [5.41, 5.74) is 2.14. The number of halogens is 1. The maximum absolute atomic E-state index is 14.0. The van der Waals surface area contributed by atoms with Gasteiger partial charge in [0.1, 0.15) is 10.8 Å². The Kier molecular flexibility index (Phi) is 3.28. The highest BCUT2D eigenvalue weighted by Gasteiger charge is 2.11. The van der Waals surface area contributed by atoms with Gasteiger partial charge in [0.2, 0.25) is 0 Å². The molecule has 0 N–H and O–H groups in total. The molecule has 0 atom stereocenters. The zero-order valence-corrected chi connectivity index (χ0v) is 12.2. The third kappa shape index (κ3) is 2.32. The number of fused-ring (bicyclic) bond motifs is 1. The Morgan fingerprint density at radius 2 is 2.14 bits per heavy atom. The number of nitriles is 1. The highest BCUT2D eigenvalue weighted by Crippen LogP contribution is 2.33. The fourth-order valence-corrected chi connectivity index (χ4v) is 3.00. The molecule has 0 saturated heterocycles. The molecule has 2 nitrogen and oxygen atoms in total. The van der Waals surface area contributed by atoms with Gasteiger partial charge >= 0.3 is 0 Å². The Hall–Kier alpha value is -2.51. The molecule has 3 aromatic rings. The molecule has 3 rings (SSSR count). The molecule has 0 bridgehead atoms. The van der Waals surface area contributed by atoms with Crippen molar-refractivity contribution in [2.24, 2.45) is 0 Å². The van der Waals surface area contributed by atoms with Crippen LogP contribution in [-0.2, 0) is 0 Å². The molecule has 0 spiro atoms. The van der Waals surface area contributed by atoms with Crippen LogP contribution < -0.4 is 0 Å². The highest BCUT2D eigenvalue weighted by molar-refractivity contribution is 7.16. The molecule has 0 aliphatic heterocycles. The van der Waals surface area contributed by atoms with E-state index in [0.717, 1.165) is 21.0 Å². The van der Waals surface area contributed by atoms with E-state index in [2.05, 4.69) is 17.6 Å². The number of hydrogen-bond acceptors (Lipinski definition) is 3. The lowest BCUT2D eigenvalue weighted by Gasteiger charge is -2.04. The van der Waals surface area contributed by atoms with Crippen LogP contribution in [0.2, 0.25) is 0 Å². The summed E-state index contributed by atoms with van der Waals surface area (Å²) in [6.07, 6.45) is 1.75. The molecular formula is C17H11FN2S. The van der Waals surface area contributed by atoms with Crippen LogP contribution in [0.15, 0.2) is 43.1 Å². The second-order valence-electron chi connectivity index (χ2n) is 4.78. The van der Waals surface area contributed by atoms with Crippen molar-refractivity contribution in [1.82, 2.24) is 4.98 Å². The number of aromatic nitrogens is 1. The van der Waals surface area contributed by atoms with E-state index < -0.39 is 0 Å². The minimum atomic E-state index is -0.331. The normalized spacial score (nSPS) is 10.5. The third-order valence-corrected chi connectivity index (χ3v) is 4.44. The predicted molar refractivity (Wildman–Crippen MR) is 84.4 cm³/mol. The van der Waals surface area contributed by atoms with Crippen LogP contribution in [0.5, 0.6) is 0 Å². The van der Waals surface area contributed by atoms with E-state index in [9.17, 15) is 9.65 Å². The number of nitrogens with zero attached hydrogens (tertiary/aromatic N) is 2. The van der Waals surface area contributed by atoms with E-state index in [4.69, 9.17) is 0 Å². The van der Waals surface area contributed by atoms with Crippen molar-refractivity contribution in [3.8, 4) is 16.6 Å². The van der Waals surface area contributed by atoms with E-state index >= 15 is 0 Å². The SMILES string of the molecule is C=C(C)c1cnc(-c2cc(C#N)c3cccc(F)c3c2)s1. The molecule has 21 heavy (non-hydrogen) atoms.